The lowest BCUT2D eigenvalue weighted by Gasteiger charge is -2.22. The van der Waals surface area contributed by atoms with Crippen LogP contribution in [0.1, 0.15) is 29.6 Å². The fraction of sp³-hybridized carbons (Fsp3) is 0.385. The van der Waals surface area contributed by atoms with E-state index >= 15 is 0 Å². The van der Waals surface area contributed by atoms with Crippen molar-refractivity contribution in [1.29, 1.82) is 0 Å². The number of rotatable bonds is 4. The summed E-state index contributed by atoms with van der Waals surface area (Å²) in [6, 6.07) is 3.91. The highest BCUT2D eigenvalue weighted by molar-refractivity contribution is 5.94. The molecule has 0 atom stereocenters. The van der Waals surface area contributed by atoms with Gasteiger partial charge in [0.2, 0.25) is 0 Å². The Morgan fingerprint density at radius 1 is 1.37 bits per heavy atom. The highest BCUT2D eigenvalue weighted by atomic mass is 19.1. The summed E-state index contributed by atoms with van der Waals surface area (Å²) in [7, 11) is 1.42. The van der Waals surface area contributed by atoms with E-state index < -0.39 is 11.7 Å². The third-order valence-electron chi connectivity index (χ3n) is 3.15. The molecule has 1 aliphatic carbocycles. The Hall–Kier alpha value is -2.11. The molecule has 2 N–H and O–H groups in total. The molecular formula is C13H15FN2O3. The van der Waals surface area contributed by atoms with Crippen molar-refractivity contribution in [3.63, 3.8) is 0 Å². The minimum absolute atomic E-state index is 0.0533. The van der Waals surface area contributed by atoms with E-state index in [2.05, 4.69) is 10.8 Å². The van der Waals surface area contributed by atoms with Gasteiger partial charge in [-0.05, 0) is 25.0 Å². The number of hydrogen-bond acceptors (Lipinski definition) is 4. The van der Waals surface area contributed by atoms with Crippen LogP contribution >= 0.6 is 0 Å². The van der Waals surface area contributed by atoms with Gasteiger partial charge in [-0.15, -0.1) is 0 Å². The molecule has 1 saturated carbocycles. The Kier molecular flexibility index (Phi) is 3.99. The molecule has 1 aromatic carbocycles. The molecule has 102 valence electrons. The molecule has 0 heterocycles. The third-order valence-corrected chi connectivity index (χ3v) is 3.15. The summed E-state index contributed by atoms with van der Waals surface area (Å²) >= 11 is 0. The maximum absolute atomic E-state index is 13.6. The Bertz CT molecular complexity index is 501. The first-order chi connectivity index (χ1) is 9.11. The summed E-state index contributed by atoms with van der Waals surface area (Å²) < 4.78 is 13.6. The Morgan fingerprint density at radius 2 is 2.11 bits per heavy atom. The predicted octanol–water partition coefficient (Wildman–Crippen LogP) is 1.86. The first kappa shape index (κ1) is 13.3. The van der Waals surface area contributed by atoms with Gasteiger partial charge in [0.25, 0.3) is 5.91 Å². The van der Waals surface area contributed by atoms with Crippen LogP contribution in [0.3, 0.4) is 0 Å². The van der Waals surface area contributed by atoms with Crippen molar-refractivity contribution >= 4 is 17.6 Å². The monoisotopic (exact) mass is 266 g/mol. The zero-order chi connectivity index (χ0) is 13.8. The molecule has 19 heavy (non-hydrogen) atoms. The SMILES string of the molecule is CNC(=O)c1ccc(NOC(=O)C2CCC2)cc1F. The van der Waals surface area contributed by atoms with E-state index in [1.807, 2.05) is 0 Å². The summed E-state index contributed by atoms with van der Waals surface area (Å²) in [5, 5.41) is 2.34. The topological polar surface area (TPSA) is 67.4 Å². The molecule has 5 nitrogen and oxygen atoms in total. The summed E-state index contributed by atoms with van der Waals surface area (Å²) in [5.74, 6) is -1.57. The average molecular weight is 266 g/mol. The van der Waals surface area contributed by atoms with Gasteiger partial charge in [0.15, 0.2) is 0 Å². The largest absolute Gasteiger partial charge is 0.355 e. The lowest BCUT2D eigenvalue weighted by molar-refractivity contribution is -0.148. The van der Waals surface area contributed by atoms with Gasteiger partial charge in [-0.3, -0.25) is 4.79 Å². The standard InChI is InChI=1S/C13H15FN2O3/c1-15-12(17)10-6-5-9(7-11(10)14)16-19-13(18)8-3-2-4-8/h5-8,16H,2-4H2,1H3,(H,15,17). The number of nitrogens with one attached hydrogen (secondary N) is 2. The van der Waals surface area contributed by atoms with E-state index in [1.54, 1.807) is 0 Å². The van der Waals surface area contributed by atoms with Crippen molar-refractivity contribution in [3.8, 4) is 0 Å². The van der Waals surface area contributed by atoms with Gasteiger partial charge < -0.3 is 10.2 Å². The van der Waals surface area contributed by atoms with E-state index in [-0.39, 0.29) is 23.1 Å². The Balaban J connectivity index is 1.95. The molecule has 0 spiro atoms. The van der Waals surface area contributed by atoms with Gasteiger partial charge in [0.05, 0.1) is 17.2 Å². The molecule has 0 aliphatic heterocycles. The van der Waals surface area contributed by atoms with Gasteiger partial charge in [-0.25, -0.2) is 14.7 Å². The zero-order valence-corrected chi connectivity index (χ0v) is 10.5. The number of carbonyl (C=O) groups is 2. The maximum Gasteiger partial charge on any atom is 0.335 e. The van der Waals surface area contributed by atoms with Crippen molar-refractivity contribution < 1.29 is 18.8 Å². The lowest BCUT2D eigenvalue weighted by Crippen LogP contribution is -2.26. The molecule has 1 aliphatic rings. The highest BCUT2D eigenvalue weighted by Crippen LogP contribution is 2.27. The minimum Gasteiger partial charge on any atom is -0.355 e. The number of benzene rings is 1. The van der Waals surface area contributed by atoms with Crippen molar-refractivity contribution in [3.05, 3.63) is 29.6 Å². The van der Waals surface area contributed by atoms with Crippen LogP contribution in [0.25, 0.3) is 0 Å². The molecule has 0 saturated heterocycles. The maximum atomic E-state index is 13.6. The normalized spacial score (nSPS) is 14.4. The molecule has 2 rings (SSSR count). The zero-order valence-electron chi connectivity index (χ0n) is 10.5. The molecule has 0 radical (unpaired) electrons. The summed E-state index contributed by atoms with van der Waals surface area (Å²) in [6.45, 7) is 0. The van der Waals surface area contributed by atoms with Crippen molar-refractivity contribution in [2.24, 2.45) is 5.92 Å². The van der Waals surface area contributed by atoms with Gasteiger partial charge in [-0.1, -0.05) is 6.42 Å². The second-order valence-corrected chi connectivity index (χ2v) is 4.42. The molecule has 1 amide bonds. The summed E-state index contributed by atoms with van der Waals surface area (Å²) in [5.41, 5.74) is 2.63. The van der Waals surface area contributed by atoms with E-state index in [0.29, 0.717) is 0 Å². The molecule has 0 unspecified atom stereocenters. The van der Waals surface area contributed by atoms with E-state index in [4.69, 9.17) is 4.84 Å². The van der Waals surface area contributed by atoms with Crippen LogP contribution in [0.5, 0.6) is 0 Å². The molecule has 1 aromatic rings. The van der Waals surface area contributed by atoms with Gasteiger partial charge in [0, 0.05) is 13.1 Å². The quantitative estimate of drug-likeness (QED) is 0.816. The first-order valence-electron chi connectivity index (χ1n) is 6.10. The van der Waals surface area contributed by atoms with E-state index in [1.165, 1.54) is 19.2 Å². The minimum atomic E-state index is -0.677. The van der Waals surface area contributed by atoms with E-state index in [9.17, 15) is 14.0 Å². The molecule has 6 heteroatoms. The van der Waals surface area contributed by atoms with Crippen molar-refractivity contribution in [2.45, 2.75) is 19.3 Å². The molecule has 1 fully saturated rings. The van der Waals surface area contributed by atoms with Gasteiger partial charge in [0.1, 0.15) is 5.82 Å². The van der Waals surface area contributed by atoms with Gasteiger partial charge in [-0.2, -0.15) is 0 Å². The van der Waals surface area contributed by atoms with Crippen LogP contribution in [-0.4, -0.2) is 18.9 Å². The molecule has 0 bridgehead atoms. The number of amides is 1. The summed E-state index contributed by atoms with van der Waals surface area (Å²) in [4.78, 5) is 27.6. The fourth-order valence-electron chi connectivity index (χ4n) is 1.73. The van der Waals surface area contributed by atoms with Crippen LogP contribution in [0.2, 0.25) is 0 Å². The van der Waals surface area contributed by atoms with Gasteiger partial charge >= 0.3 is 5.97 Å². The molecular weight excluding hydrogens is 251 g/mol. The van der Waals surface area contributed by atoms with Crippen molar-refractivity contribution in [1.82, 2.24) is 5.32 Å². The van der Waals surface area contributed by atoms with Crippen LogP contribution in [-0.2, 0) is 9.63 Å². The smallest absolute Gasteiger partial charge is 0.335 e. The number of anilines is 1. The van der Waals surface area contributed by atoms with E-state index in [0.717, 1.165) is 25.3 Å². The lowest BCUT2D eigenvalue weighted by atomic mass is 9.86. The Labute approximate surface area is 110 Å². The van der Waals surface area contributed by atoms with Crippen LogP contribution < -0.4 is 10.8 Å². The highest BCUT2D eigenvalue weighted by Gasteiger charge is 2.27. The third kappa shape index (κ3) is 3.01. The second-order valence-electron chi connectivity index (χ2n) is 4.42. The van der Waals surface area contributed by atoms with Crippen LogP contribution in [0, 0.1) is 11.7 Å². The first-order valence-corrected chi connectivity index (χ1v) is 6.10. The number of hydrogen-bond donors (Lipinski definition) is 2. The van der Waals surface area contributed by atoms with Crippen LogP contribution in [0.15, 0.2) is 18.2 Å². The Morgan fingerprint density at radius 3 is 2.63 bits per heavy atom. The predicted molar refractivity (Wildman–Crippen MR) is 66.8 cm³/mol. The van der Waals surface area contributed by atoms with Crippen LogP contribution in [0.4, 0.5) is 10.1 Å². The number of halogens is 1. The average Bonchev–Trinajstić information content (AvgIpc) is 2.33. The second kappa shape index (κ2) is 5.69. The summed E-state index contributed by atoms with van der Waals surface area (Å²) in [6.07, 6.45) is 2.71. The number of carbonyl (C=O) groups excluding carboxylic acids is 2. The molecule has 0 aromatic heterocycles. The fourth-order valence-corrected chi connectivity index (χ4v) is 1.73. The van der Waals surface area contributed by atoms with Crippen molar-refractivity contribution in [2.75, 3.05) is 12.5 Å².